The Morgan fingerprint density at radius 1 is 1.23 bits per heavy atom. The van der Waals surface area contributed by atoms with Gasteiger partial charge in [0.15, 0.2) is 5.96 Å². The van der Waals surface area contributed by atoms with Crippen LogP contribution in [0.5, 0.6) is 0 Å². The molecule has 2 fully saturated rings. The average Bonchev–Trinajstić information content (AvgIpc) is 3.21. The first-order valence-electron chi connectivity index (χ1n) is 9.00. The number of benzene rings is 1. The molecule has 0 heterocycles. The fourth-order valence-corrected chi connectivity index (χ4v) is 3.83. The number of hydrogen-bond donors (Lipinski definition) is 2. The van der Waals surface area contributed by atoms with Crippen LogP contribution < -0.4 is 10.6 Å². The number of fused-ring (bicyclic) bond motifs is 2. The highest BCUT2D eigenvalue weighted by Gasteiger charge is 2.39. The minimum Gasteiger partial charge on any atom is -0.353 e. The first-order valence-corrected chi connectivity index (χ1v) is 9.00. The Labute approximate surface area is 171 Å². The Morgan fingerprint density at radius 2 is 1.96 bits per heavy atom. The molecule has 3 atom stereocenters. The highest BCUT2D eigenvalue weighted by Crippen LogP contribution is 2.44. The lowest BCUT2D eigenvalue weighted by atomic mass is 9.95. The van der Waals surface area contributed by atoms with Crippen LogP contribution in [0.25, 0.3) is 0 Å². The molecular weight excluding hydrogens is 446 g/mol. The van der Waals surface area contributed by atoms with Crippen molar-refractivity contribution in [2.24, 2.45) is 16.8 Å². The summed E-state index contributed by atoms with van der Waals surface area (Å²) in [6, 6.07) is 6.79. The predicted octanol–water partition coefficient (Wildman–Crippen LogP) is 2.76. The van der Waals surface area contributed by atoms with Gasteiger partial charge in [-0.2, -0.15) is 0 Å². The van der Waals surface area contributed by atoms with Crippen molar-refractivity contribution in [3.63, 3.8) is 0 Å². The maximum atomic E-state index is 13.0. The van der Waals surface area contributed by atoms with Crippen LogP contribution in [0.2, 0.25) is 0 Å². The molecule has 2 aliphatic carbocycles. The number of likely N-dealkylation sites (N-methyl/N-ethyl adjacent to an activating group) is 1. The van der Waals surface area contributed by atoms with Crippen LogP contribution in [-0.2, 0) is 11.3 Å². The van der Waals surface area contributed by atoms with Gasteiger partial charge in [0.05, 0.1) is 13.1 Å². The Hall–Kier alpha value is -1.38. The second kappa shape index (κ2) is 9.53. The minimum atomic E-state index is -0.247. The van der Waals surface area contributed by atoms with Gasteiger partial charge in [-0.25, -0.2) is 9.38 Å². The van der Waals surface area contributed by atoms with E-state index in [-0.39, 0.29) is 42.2 Å². The molecule has 0 saturated heterocycles. The van der Waals surface area contributed by atoms with Crippen molar-refractivity contribution >= 4 is 35.8 Å². The number of amides is 1. The number of rotatable bonds is 5. The van der Waals surface area contributed by atoms with E-state index in [1.54, 1.807) is 31.1 Å². The van der Waals surface area contributed by atoms with E-state index in [0.29, 0.717) is 24.5 Å². The molecule has 0 aliphatic heterocycles. The largest absolute Gasteiger partial charge is 0.353 e. The van der Waals surface area contributed by atoms with Gasteiger partial charge < -0.3 is 15.5 Å². The number of halogens is 2. The summed E-state index contributed by atoms with van der Waals surface area (Å²) in [7, 11) is 3.48. The third-order valence-electron chi connectivity index (χ3n) is 5.30. The van der Waals surface area contributed by atoms with Crippen LogP contribution in [0, 0.1) is 17.7 Å². The van der Waals surface area contributed by atoms with Gasteiger partial charge in [0.2, 0.25) is 5.91 Å². The molecule has 0 aromatic heterocycles. The summed E-state index contributed by atoms with van der Waals surface area (Å²) in [6.45, 7) is 0.662. The molecule has 7 heteroatoms. The maximum Gasteiger partial charge on any atom is 0.241 e. The molecule has 1 aromatic rings. The molecule has 2 saturated carbocycles. The van der Waals surface area contributed by atoms with E-state index in [4.69, 9.17) is 0 Å². The summed E-state index contributed by atoms with van der Waals surface area (Å²) >= 11 is 0. The Kier molecular flexibility index (Phi) is 7.67. The third-order valence-corrected chi connectivity index (χ3v) is 5.30. The smallest absolute Gasteiger partial charge is 0.241 e. The lowest BCUT2D eigenvalue weighted by Crippen LogP contribution is -2.48. The SMILES string of the molecule is CN(C)C(=O)CNC(=NCc1ccc(F)cc1)NC1CC2CCC1C2.I. The molecule has 0 spiro atoms. The molecule has 0 radical (unpaired) electrons. The predicted molar refractivity (Wildman–Crippen MR) is 112 cm³/mol. The second-order valence-corrected chi connectivity index (χ2v) is 7.36. The van der Waals surface area contributed by atoms with E-state index in [1.165, 1.54) is 37.8 Å². The van der Waals surface area contributed by atoms with Crippen molar-refractivity contribution in [3.8, 4) is 0 Å². The third kappa shape index (κ3) is 5.56. The summed E-state index contributed by atoms with van der Waals surface area (Å²) < 4.78 is 13.0. The molecule has 3 unspecified atom stereocenters. The molecule has 5 nitrogen and oxygen atoms in total. The highest BCUT2D eigenvalue weighted by atomic mass is 127. The molecule has 1 aromatic carbocycles. The quantitative estimate of drug-likeness (QED) is 0.392. The van der Waals surface area contributed by atoms with Gasteiger partial charge in [0, 0.05) is 20.1 Å². The lowest BCUT2D eigenvalue weighted by molar-refractivity contribution is -0.127. The van der Waals surface area contributed by atoms with Gasteiger partial charge in [0.25, 0.3) is 0 Å². The topological polar surface area (TPSA) is 56.7 Å². The van der Waals surface area contributed by atoms with Crippen molar-refractivity contribution in [1.82, 2.24) is 15.5 Å². The summed E-state index contributed by atoms with van der Waals surface area (Å²) in [5, 5.41) is 6.66. The molecule has 2 aliphatic rings. The summed E-state index contributed by atoms with van der Waals surface area (Å²) in [5.74, 6) is 1.97. The fraction of sp³-hybridized carbons (Fsp3) is 0.579. The first kappa shape index (κ1) is 20.9. The minimum absolute atomic E-state index is 0. The molecule has 2 N–H and O–H groups in total. The maximum absolute atomic E-state index is 13.0. The van der Waals surface area contributed by atoms with Gasteiger partial charge in [-0.1, -0.05) is 18.6 Å². The van der Waals surface area contributed by atoms with Crippen molar-refractivity contribution in [1.29, 1.82) is 0 Å². The van der Waals surface area contributed by atoms with Gasteiger partial charge in [0.1, 0.15) is 5.82 Å². The number of guanidine groups is 1. The van der Waals surface area contributed by atoms with Crippen LogP contribution in [-0.4, -0.2) is 43.4 Å². The fourth-order valence-electron chi connectivity index (χ4n) is 3.83. The molecule has 144 valence electrons. The van der Waals surface area contributed by atoms with Crippen LogP contribution in [0.15, 0.2) is 29.3 Å². The second-order valence-electron chi connectivity index (χ2n) is 7.36. The van der Waals surface area contributed by atoms with E-state index >= 15 is 0 Å². The molecule has 3 rings (SSSR count). The summed E-state index contributed by atoms with van der Waals surface area (Å²) in [4.78, 5) is 18.0. The Balaban J connectivity index is 0.00000243. The van der Waals surface area contributed by atoms with Crippen molar-refractivity contribution in [2.45, 2.75) is 38.3 Å². The average molecular weight is 474 g/mol. The van der Waals surface area contributed by atoms with Crippen molar-refractivity contribution in [3.05, 3.63) is 35.6 Å². The first-order chi connectivity index (χ1) is 12.0. The zero-order valence-corrected chi connectivity index (χ0v) is 17.7. The lowest BCUT2D eigenvalue weighted by Gasteiger charge is -2.25. The van der Waals surface area contributed by atoms with Gasteiger partial charge >= 0.3 is 0 Å². The molecular formula is C19H28FIN4O. The number of hydrogen-bond acceptors (Lipinski definition) is 2. The van der Waals surface area contributed by atoms with Crippen molar-refractivity contribution in [2.75, 3.05) is 20.6 Å². The van der Waals surface area contributed by atoms with E-state index in [2.05, 4.69) is 15.6 Å². The Morgan fingerprint density at radius 3 is 2.54 bits per heavy atom. The highest BCUT2D eigenvalue weighted by molar-refractivity contribution is 14.0. The summed E-state index contributed by atoms with van der Waals surface area (Å²) in [5.41, 5.74) is 0.939. The van der Waals surface area contributed by atoms with Crippen LogP contribution in [0.1, 0.15) is 31.2 Å². The Bertz CT molecular complexity index is 635. The molecule has 2 bridgehead atoms. The van der Waals surface area contributed by atoms with Crippen LogP contribution in [0.3, 0.4) is 0 Å². The summed E-state index contributed by atoms with van der Waals surface area (Å²) in [6.07, 6.45) is 5.12. The van der Waals surface area contributed by atoms with E-state index in [9.17, 15) is 9.18 Å². The van der Waals surface area contributed by atoms with E-state index < -0.39 is 0 Å². The van der Waals surface area contributed by atoms with E-state index in [1.807, 2.05) is 0 Å². The van der Waals surface area contributed by atoms with Gasteiger partial charge in [-0.05, 0) is 48.8 Å². The normalized spacial score (nSPS) is 24.1. The zero-order valence-electron chi connectivity index (χ0n) is 15.4. The standard InChI is InChI=1S/C19H27FN4O.HI/c1-24(2)18(25)12-22-19(21-11-13-4-7-16(20)8-5-13)23-17-10-14-3-6-15(17)9-14;/h4-5,7-8,14-15,17H,3,6,9-12H2,1-2H3,(H2,21,22,23);1H. The van der Waals surface area contributed by atoms with Crippen LogP contribution >= 0.6 is 24.0 Å². The number of carbonyl (C=O) groups excluding carboxylic acids is 1. The molecule has 26 heavy (non-hydrogen) atoms. The van der Waals surface area contributed by atoms with E-state index in [0.717, 1.165) is 11.5 Å². The monoisotopic (exact) mass is 474 g/mol. The number of nitrogens with one attached hydrogen (secondary N) is 2. The zero-order chi connectivity index (χ0) is 17.8. The van der Waals surface area contributed by atoms with Gasteiger partial charge in [-0.3, -0.25) is 4.79 Å². The molecule has 1 amide bonds. The van der Waals surface area contributed by atoms with Crippen molar-refractivity contribution < 1.29 is 9.18 Å². The van der Waals surface area contributed by atoms with Gasteiger partial charge in [-0.15, -0.1) is 24.0 Å². The number of aliphatic imine (C=N–C) groups is 1. The number of carbonyl (C=O) groups is 1. The number of nitrogens with zero attached hydrogens (tertiary/aromatic N) is 2. The van der Waals surface area contributed by atoms with Crippen LogP contribution in [0.4, 0.5) is 4.39 Å².